The Morgan fingerprint density at radius 1 is 1.42 bits per heavy atom. The van der Waals surface area contributed by atoms with Gasteiger partial charge in [-0.25, -0.2) is 4.39 Å². The lowest BCUT2D eigenvalue weighted by molar-refractivity contribution is 0.0495. The normalized spacial score (nSPS) is 16.4. The first-order chi connectivity index (χ1) is 9.08. The third kappa shape index (κ3) is 3.53. The van der Waals surface area contributed by atoms with E-state index in [4.69, 9.17) is 4.74 Å². The van der Waals surface area contributed by atoms with Crippen molar-refractivity contribution in [1.82, 2.24) is 4.90 Å². The van der Waals surface area contributed by atoms with Crippen LogP contribution in [0.25, 0.3) is 0 Å². The topological polar surface area (TPSA) is 29.5 Å². The summed E-state index contributed by atoms with van der Waals surface area (Å²) < 4.78 is 19.0. The minimum absolute atomic E-state index is 0.162. The average molecular weight is 265 g/mol. The number of amides is 1. The number of hydrogen-bond donors (Lipinski definition) is 0. The Morgan fingerprint density at radius 2 is 2.11 bits per heavy atom. The molecule has 2 rings (SSSR count). The highest BCUT2D eigenvalue weighted by Gasteiger charge is 2.21. The first kappa shape index (κ1) is 14.0. The van der Waals surface area contributed by atoms with Crippen LogP contribution in [0.5, 0.6) is 0 Å². The van der Waals surface area contributed by atoms with E-state index in [1.807, 2.05) is 6.92 Å². The van der Waals surface area contributed by atoms with Gasteiger partial charge in [-0.1, -0.05) is 11.6 Å². The van der Waals surface area contributed by atoms with Gasteiger partial charge in [0.15, 0.2) is 0 Å². The summed E-state index contributed by atoms with van der Waals surface area (Å²) in [4.78, 5) is 13.9. The maximum atomic E-state index is 13.7. The molecule has 0 aliphatic carbocycles. The Labute approximate surface area is 113 Å². The van der Waals surface area contributed by atoms with Crippen LogP contribution in [0.4, 0.5) is 4.39 Å². The summed E-state index contributed by atoms with van der Waals surface area (Å²) in [7, 11) is 1.74. The highest BCUT2D eigenvalue weighted by atomic mass is 19.1. The van der Waals surface area contributed by atoms with Gasteiger partial charge in [0.05, 0.1) is 5.56 Å². The molecule has 19 heavy (non-hydrogen) atoms. The molecule has 0 radical (unpaired) electrons. The predicted molar refractivity (Wildman–Crippen MR) is 71.6 cm³/mol. The van der Waals surface area contributed by atoms with Crippen LogP contribution in [0.2, 0.25) is 0 Å². The van der Waals surface area contributed by atoms with Gasteiger partial charge in [0.2, 0.25) is 0 Å². The Hall–Kier alpha value is -1.42. The van der Waals surface area contributed by atoms with Gasteiger partial charge >= 0.3 is 0 Å². The molecule has 1 fully saturated rings. The molecule has 1 aliphatic rings. The van der Waals surface area contributed by atoms with Gasteiger partial charge in [-0.15, -0.1) is 0 Å². The van der Waals surface area contributed by atoms with E-state index in [2.05, 4.69) is 0 Å². The fourth-order valence-electron chi connectivity index (χ4n) is 2.41. The number of carbonyl (C=O) groups excluding carboxylic acids is 1. The molecule has 0 N–H and O–H groups in total. The molecule has 1 saturated heterocycles. The van der Waals surface area contributed by atoms with Crippen molar-refractivity contribution in [3.63, 3.8) is 0 Å². The number of aryl methyl sites for hydroxylation is 1. The third-order valence-electron chi connectivity index (χ3n) is 3.57. The molecule has 0 atom stereocenters. The van der Waals surface area contributed by atoms with Gasteiger partial charge in [0.1, 0.15) is 5.82 Å². The number of carbonyl (C=O) groups is 1. The highest BCUT2D eigenvalue weighted by molar-refractivity contribution is 5.94. The fraction of sp³-hybridized carbons (Fsp3) is 0.533. The van der Waals surface area contributed by atoms with Crippen molar-refractivity contribution >= 4 is 5.91 Å². The Kier molecular flexibility index (Phi) is 4.53. The van der Waals surface area contributed by atoms with Crippen LogP contribution in [0.15, 0.2) is 18.2 Å². The first-order valence-corrected chi connectivity index (χ1v) is 6.67. The van der Waals surface area contributed by atoms with E-state index < -0.39 is 5.82 Å². The Bertz CT molecular complexity index is 455. The molecule has 3 nitrogen and oxygen atoms in total. The molecule has 1 aliphatic heterocycles. The van der Waals surface area contributed by atoms with Crippen molar-refractivity contribution in [3.8, 4) is 0 Å². The summed E-state index contributed by atoms with van der Waals surface area (Å²) in [6, 6.07) is 4.63. The average Bonchev–Trinajstić information content (AvgIpc) is 2.42. The highest BCUT2D eigenvalue weighted by Crippen LogP contribution is 2.18. The molecule has 0 aromatic heterocycles. The molecule has 1 amide bonds. The molecule has 0 saturated carbocycles. The predicted octanol–water partition coefficient (Wildman–Crippen LogP) is 2.63. The molecule has 0 bridgehead atoms. The van der Waals surface area contributed by atoms with E-state index in [0.717, 1.165) is 31.6 Å². The lowest BCUT2D eigenvalue weighted by Gasteiger charge is -2.27. The van der Waals surface area contributed by atoms with Gasteiger partial charge in [-0.05, 0) is 37.8 Å². The van der Waals surface area contributed by atoms with Crippen molar-refractivity contribution < 1.29 is 13.9 Å². The van der Waals surface area contributed by atoms with Crippen LogP contribution in [-0.2, 0) is 4.74 Å². The van der Waals surface area contributed by atoms with Crippen LogP contribution in [-0.4, -0.2) is 37.6 Å². The van der Waals surface area contributed by atoms with Crippen LogP contribution in [0, 0.1) is 18.7 Å². The largest absolute Gasteiger partial charge is 0.381 e. The van der Waals surface area contributed by atoms with Gasteiger partial charge < -0.3 is 9.64 Å². The molecule has 1 aromatic carbocycles. The minimum Gasteiger partial charge on any atom is -0.381 e. The SMILES string of the molecule is Cc1ccc(F)c(C(=O)N(C)CC2CCOCC2)c1. The van der Waals surface area contributed by atoms with Crippen molar-refractivity contribution in [2.24, 2.45) is 5.92 Å². The summed E-state index contributed by atoms with van der Waals surface area (Å²) in [5.41, 5.74) is 1.05. The standard InChI is InChI=1S/C15H20FNO2/c1-11-3-4-14(16)13(9-11)15(18)17(2)10-12-5-7-19-8-6-12/h3-4,9,12H,5-8,10H2,1-2H3. The van der Waals surface area contributed by atoms with Crippen molar-refractivity contribution in [2.75, 3.05) is 26.8 Å². The van der Waals surface area contributed by atoms with E-state index in [1.54, 1.807) is 24.1 Å². The molecular formula is C15H20FNO2. The summed E-state index contributed by atoms with van der Waals surface area (Å²) in [6.07, 6.45) is 1.93. The maximum Gasteiger partial charge on any atom is 0.256 e. The third-order valence-corrected chi connectivity index (χ3v) is 3.57. The number of hydrogen-bond acceptors (Lipinski definition) is 2. The van der Waals surface area contributed by atoms with Crippen LogP contribution < -0.4 is 0 Å². The number of benzene rings is 1. The second-order valence-corrected chi connectivity index (χ2v) is 5.22. The fourth-order valence-corrected chi connectivity index (χ4v) is 2.41. The molecule has 1 aromatic rings. The monoisotopic (exact) mass is 265 g/mol. The van der Waals surface area contributed by atoms with Crippen molar-refractivity contribution in [3.05, 3.63) is 35.1 Å². The van der Waals surface area contributed by atoms with E-state index in [9.17, 15) is 9.18 Å². The van der Waals surface area contributed by atoms with Crippen molar-refractivity contribution in [1.29, 1.82) is 0 Å². The molecule has 104 valence electrons. The molecule has 0 spiro atoms. The van der Waals surface area contributed by atoms with E-state index in [-0.39, 0.29) is 11.5 Å². The molecular weight excluding hydrogens is 245 g/mol. The van der Waals surface area contributed by atoms with Crippen LogP contribution in [0.3, 0.4) is 0 Å². The molecule has 4 heteroatoms. The smallest absolute Gasteiger partial charge is 0.256 e. The summed E-state index contributed by atoms with van der Waals surface area (Å²) in [6.45, 7) is 4.03. The van der Waals surface area contributed by atoms with E-state index in [1.165, 1.54) is 6.07 Å². The van der Waals surface area contributed by atoms with Crippen LogP contribution in [0.1, 0.15) is 28.8 Å². The molecule has 1 heterocycles. The summed E-state index contributed by atoms with van der Waals surface area (Å²) in [5.74, 6) is -0.238. The zero-order valence-corrected chi connectivity index (χ0v) is 11.5. The zero-order chi connectivity index (χ0) is 13.8. The minimum atomic E-state index is -0.450. The lowest BCUT2D eigenvalue weighted by atomic mass is 9.99. The van der Waals surface area contributed by atoms with E-state index in [0.29, 0.717) is 12.5 Å². The number of halogens is 1. The summed E-state index contributed by atoms with van der Waals surface area (Å²) >= 11 is 0. The number of rotatable bonds is 3. The van der Waals surface area contributed by atoms with Crippen LogP contribution >= 0.6 is 0 Å². The second kappa shape index (κ2) is 6.15. The summed E-state index contributed by atoms with van der Waals surface area (Å²) in [5, 5.41) is 0. The number of nitrogens with zero attached hydrogens (tertiary/aromatic N) is 1. The van der Waals surface area contributed by atoms with E-state index >= 15 is 0 Å². The lowest BCUT2D eigenvalue weighted by Crippen LogP contribution is -2.34. The molecule has 0 unspecified atom stereocenters. The number of ether oxygens (including phenoxy) is 1. The maximum absolute atomic E-state index is 13.7. The van der Waals surface area contributed by atoms with Gasteiger partial charge in [-0.3, -0.25) is 4.79 Å². The Morgan fingerprint density at radius 3 is 2.79 bits per heavy atom. The zero-order valence-electron chi connectivity index (χ0n) is 11.5. The first-order valence-electron chi connectivity index (χ1n) is 6.67. The van der Waals surface area contributed by atoms with Gasteiger partial charge in [-0.2, -0.15) is 0 Å². The van der Waals surface area contributed by atoms with Gasteiger partial charge in [0.25, 0.3) is 5.91 Å². The Balaban J connectivity index is 2.03. The second-order valence-electron chi connectivity index (χ2n) is 5.22. The van der Waals surface area contributed by atoms with Gasteiger partial charge in [0, 0.05) is 26.8 Å². The quantitative estimate of drug-likeness (QED) is 0.841. The van der Waals surface area contributed by atoms with Crippen molar-refractivity contribution in [2.45, 2.75) is 19.8 Å².